The molecule has 0 atom stereocenters. The minimum Gasteiger partial charge on any atom is -0.462 e. The smallest absolute Gasteiger partial charge is 0.462 e. The van der Waals surface area contributed by atoms with Crippen molar-refractivity contribution in [1.29, 1.82) is 0 Å². The second-order valence-corrected chi connectivity index (χ2v) is 9.40. The molecule has 38 heavy (non-hydrogen) atoms. The number of hydrogen-bond acceptors (Lipinski definition) is 3. The Morgan fingerprint density at radius 3 is 2.26 bits per heavy atom. The normalized spacial score (nSPS) is 15.0. The van der Waals surface area contributed by atoms with Crippen LogP contribution in [-0.2, 0) is 11.8 Å². The summed E-state index contributed by atoms with van der Waals surface area (Å²) < 4.78 is 42.2. The fourth-order valence-electron chi connectivity index (χ4n) is 5.67. The van der Waals surface area contributed by atoms with Gasteiger partial charge in [-0.1, -0.05) is 60.7 Å². The number of carbonyl (C=O) groups excluding carboxylic acids is 1. The molecule has 0 saturated heterocycles. The van der Waals surface area contributed by atoms with E-state index in [1.54, 1.807) is 50.4 Å². The zero-order chi connectivity index (χ0) is 26.8. The zero-order valence-electron chi connectivity index (χ0n) is 21.1. The lowest BCUT2D eigenvalue weighted by atomic mass is 9.87. The summed E-state index contributed by atoms with van der Waals surface area (Å²) >= 11 is 0. The highest BCUT2D eigenvalue weighted by Gasteiger charge is 2.55. The number of esters is 1. The summed E-state index contributed by atoms with van der Waals surface area (Å²) in [6, 6.07) is 19.6. The number of benzene rings is 2. The number of pyridine rings is 1. The minimum atomic E-state index is -4.50. The number of allylic oxidation sites excluding steroid dienone is 1. The molecule has 0 saturated carbocycles. The molecule has 6 rings (SSSR count). The van der Waals surface area contributed by atoms with E-state index in [4.69, 9.17) is 4.74 Å². The first kappa shape index (κ1) is 23.8. The molecular weight excluding hydrogens is 487 g/mol. The predicted octanol–water partition coefficient (Wildman–Crippen LogP) is 3.32. The second-order valence-electron chi connectivity index (χ2n) is 9.40. The van der Waals surface area contributed by atoms with Crippen molar-refractivity contribution in [2.24, 2.45) is 7.05 Å². The number of rotatable bonds is 4. The van der Waals surface area contributed by atoms with Gasteiger partial charge in [0, 0.05) is 36.6 Å². The first-order valence-electron chi connectivity index (χ1n) is 12.4. The number of aromatic nitrogens is 2. The highest BCUT2D eigenvalue weighted by Crippen LogP contribution is 2.42. The first-order valence-corrected chi connectivity index (χ1v) is 12.4. The third-order valence-electron chi connectivity index (χ3n) is 7.26. The number of carbonyl (C=O) groups is 1. The molecule has 190 valence electrons. The van der Waals surface area contributed by atoms with E-state index in [2.05, 4.69) is 0 Å². The molecule has 4 aromatic rings. The van der Waals surface area contributed by atoms with Crippen LogP contribution >= 0.6 is 0 Å². The monoisotopic (exact) mass is 511 g/mol. The van der Waals surface area contributed by atoms with Gasteiger partial charge in [-0.05, 0) is 30.7 Å². The summed E-state index contributed by atoms with van der Waals surface area (Å²) in [7, 11) is 1.60. The fraction of sp³-hybridized carbons (Fsp3) is 0.138. The van der Waals surface area contributed by atoms with E-state index in [-0.39, 0.29) is 45.4 Å². The Kier molecular flexibility index (Phi) is 5.34. The van der Waals surface area contributed by atoms with E-state index in [9.17, 15) is 9.59 Å². The summed E-state index contributed by atoms with van der Waals surface area (Å²) in [5.41, 5.74) is 2.37. The molecule has 9 heteroatoms. The van der Waals surface area contributed by atoms with Gasteiger partial charge in [-0.15, -0.1) is 0 Å². The van der Waals surface area contributed by atoms with E-state index in [1.165, 1.54) is 17.7 Å². The van der Waals surface area contributed by atoms with Gasteiger partial charge >= 0.3 is 12.9 Å². The molecule has 2 aliphatic rings. The van der Waals surface area contributed by atoms with E-state index >= 15 is 8.63 Å². The van der Waals surface area contributed by atoms with E-state index in [1.807, 2.05) is 36.4 Å². The average molecular weight is 511 g/mol. The molecule has 4 heterocycles. The van der Waals surface area contributed by atoms with Crippen LogP contribution in [0.3, 0.4) is 0 Å². The Hall–Kier alpha value is -4.53. The van der Waals surface area contributed by atoms with Gasteiger partial charge < -0.3 is 26.9 Å². The maximum absolute atomic E-state index is 16.8. The number of hydrogen-bond donors (Lipinski definition) is 0. The molecule has 0 bridgehead atoms. The van der Waals surface area contributed by atoms with Gasteiger partial charge in [0.2, 0.25) is 0 Å². The van der Waals surface area contributed by atoms with Gasteiger partial charge in [-0.3, -0.25) is 4.79 Å². The van der Waals surface area contributed by atoms with Crippen LogP contribution in [0.25, 0.3) is 22.8 Å². The summed E-state index contributed by atoms with van der Waals surface area (Å²) in [6.45, 7) is -1.19. The third kappa shape index (κ3) is 3.21. The number of nitrogens with zero attached hydrogens (tertiary/aromatic N) is 3. The van der Waals surface area contributed by atoms with Gasteiger partial charge in [0.15, 0.2) is 11.1 Å². The predicted molar refractivity (Wildman–Crippen MR) is 143 cm³/mol. The Bertz CT molecular complexity index is 1860. The lowest BCUT2D eigenvalue weighted by molar-refractivity contribution is 0.0526. The summed E-state index contributed by atoms with van der Waals surface area (Å²) in [5, 5.41) is 0.366. The van der Waals surface area contributed by atoms with Crippen molar-refractivity contribution in [3.8, 4) is 11.1 Å². The molecular formula is C29H24BF2N3O3. The van der Waals surface area contributed by atoms with Gasteiger partial charge in [-0.2, -0.15) is 0 Å². The molecule has 2 aromatic carbocycles. The van der Waals surface area contributed by atoms with Crippen LogP contribution in [0.2, 0.25) is 0 Å². The van der Waals surface area contributed by atoms with Crippen LogP contribution in [0.4, 0.5) is 8.63 Å². The van der Waals surface area contributed by atoms with Crippen molar-refractivity contribution < 1.29 is 18.2 Å². The van der Waals surface area contributed by atoms with E-state index in [0.717, 1.165) is 8.96 Å². The van der Waals surface area contributed by atoms with Crippen molar-refractivity contribution in [3.05, 3.63) is 122 Å². The Morgan fingerprint density at radius 2 is 1.63 bits per heavy atom. The molecule has 0 amide bonds. The van der Waals surface area contributed by atoms with Crippen molar-refractivity contribution in [1.82, 2.24) is 13.5 Å². The zero-order valence-corrected chi connectivity index (χ0v) is 21.1. The van der Waals surface area contributed by atoms with Crippen LogP contribution in [0.15, 0.2) is 83.4 Å². The van der Waals surface area contributed by atoms with Gasteiger partial charge in [0.25, 0.3) is 5.56 Å². The highest BCUT2D eigenvalue weighted by molar-refractivity contribution is 6.64. The third-order valence-corrected chi connectivity index (χ3v) is 7.26. The molecule has 2 aliphatic heterocycles. The summed E-state index contributed by atoms with van der Waals surface area (Å²) in [4.78, 5) is 26.5. The van der Waals surface area contributed by atoms with Crippen molar-refractivity contribution in [3.63, 3.8) is 0 Å². The number of fused-ring (bicyclic) bond motifs is 3. The molecule has 0 fully saturated rings. The van der Waals surface area contributed by atoms with E-state index in [0.29, 0.717) is 22.3 Å². The summed E-state index contributed by atoms with van der Waals surface area (Å²) in [5.74, 6) is -0.655. The molecule has 0 unspecified atom stereocenters. The Labute approximate surface area is 217 Å². The maximum atomic E-state index is 16.8. The molecule has 0 N–H and O–H groups in total. The molecule has 2 aromatic heterocycles. The Morgan fingerprint density at radius 1 is 1.00 bits per heavy atom. The van der Waals surface area contributed by atoms with Gasteiger partial charge in [-0.25, -0.2) is 4.79 Å². The van der Waals surface area contributed by atoms with Crippen LogP contribution < -0.4 is 20.6 Å². The second kappa shape index (κ2) is 8.51. The van der Waals surface area contributed by atoms with Crippen LogP contribution in [0, 0.1) is 6.92 Å². The summed E-state index contributed by atoms with van der Waals surface area (Å²) in [6.07, 6.45) is 3.16. The topological polar surface area (TPSA) is 56.2 Å². The quantitative estimate of drug-likeness (QED) is 0.312. The molecule has 0 aliphatic carbocycles. The largest absolute Gasteiger partial charge is 0.737 e. The minimum absolute atomic E-state index is 0.108. The van der Waals surface area contributed by atoms with Crippen molar-refractivity contribution in [2.45, 2.75) is 13.8 Å². The fourth-order valence-corrected chi connectivity index (χ4v) is 5.67. The van der Waals surface area contributed by atoms with Gasteiger partial charge in [0.1, 0.15) is 5.22 Å². The number of ether oxygens (including phenoxy) is 1. The van der Waals surface area contributed by atoms with Crippen LogP contribution in [0.5, 0.6) is 0 Å². The standard InChI is InChI=1S/C29H24BF2N3O3/c1-4-38-29(37)24-18(2)34-22(25(24)19-11-7-5-8-12-19)17-23-26(20-13-9-6-10-14-20)27-21(35(23)30(34,31)32)15-16-33(3)28(27)36/h5-17H,4H2,1-3H3. The van der Waals surface area contributed by atoms with Crippen molar-refractivity contribution in [2.75, 3.05) is 6.61 Å². The lowest BCUT2D eigenvalue weighted by Crippen LogP contribution is -2.58. The van der Waals surface area contributed by atoms with Crippen LogP contribution in [0.1, 0.15) is 34.2 Å². The maximum Gasteiger partial charge on any atom is 0.737 e. The molecule has 0 spiro atoms. The first-order chi connectivity index (χ1) is 18.3. The average Bonchev–Trinajstić information content (AvgIpc) is 3.41. The number of aryl methyl sites for hydroxylation is 1. The van der Waals surface area contributed by atoms with Crippen LogP contribution in [-0.4, -0.2) is 28.6 Å². The number of halogens is 2. The SMILES string of the molecule is CCOC(=O)c1c(-c2ccccc2)c2n(c1C)[B-](F)(F)[N+]1=c3ccn(C)c(=O)c3=C(c3ccccc3)C1=C2. The molecule has 6 nitrogen and oxygen atoms in total. The Balaban J connectivity index is 1.80. The highest BCUT2D eigenvalue weighted by atomic mass is 19.2. The molecule has 0 radical (unpaired) electrons. The van der Waals surface area contributed by atoms with Gasteiger partial charge in [0.05, 0.1) is 17.7 Å². The van der Waals surface area contributed by atoms with E-state index < -0.39 is 12.9 Å². The van der Waals surface area contributed by atoms with Crippen molar-refractivity contribution >= 4 is 24.6 Å². The lowest BCUT2D eigenvalue weighted by Gasteiger charge is -2.30.